The Bertz CT molecular complexity index is 780. The highest BCUT2D eigenvalue weighted by molar-refractivity contribution is 8.13. The van der Waals surface area contributed by atoms with Gasteiger partial charge >= 0.3 is 6.09 Å². The molecule has 0 spiro atoms. The summed E-state index contributed by atoms with van der Waals surface area (Å²) >= 11 is 1.23. The van der Waals surface area contributed by atoms with Crippen molar-refractivity contribution in [3.63, 3.8) is 0 Å². The zero-order valence-corrected chi connectivity index (χ0v) is 18.1. The quantitative estimate of drug-likeness (QED) is 0.326. The van der Waals surface area contributed by atoms with Gasteiger partial charge in [0.25, 0.3) is 0 Å². The molecule has 9 heteroatoms. The molecule has 1 amide bonds. The van der Waals surface area contributed by atoms with Crippen molar-refractivity contribution in [3.05, 3.63) is 24.0 Å². The third kappa shape index (κ3) is 7.13. The molecule has 29 heavy (non-hydrogen) atoms. The number of nitriles is 1. The zero-order valence-electron chi connectivity index (χ0n) is 17.3. The first-order chi connectivity index (χ1) is 13.7. The van der Waals surface area contributed by atoms with E-state index in [1.54, 1.807) is 29.5 Å². The standard InChI is InChI=1S/C20H28FN5O2S/c1-20(2,3)28-19(27)26-10-8-14(9-11-26)12-23-16-7-5-6-15(21)17(16)25-18(29-4)24-13-22/h5-7,14,23H,8-12H2,1-4H3,(H,24,25). The number of para-hydroxylation sites is 1. The Balaban J connectivity index is 1.96. The van der Waals surface area contributed by atoms with E-state index in [2.05, 4.69) is 15.6 Å². The highest BCUT2D eigenvalue weighted by Gasteiger charge is 2.26. The number of carbonyl (C=O) groups excluding carboxylic acids is 1. The molecule has 0 atom stereocenters. The third-order valence-electron chi connectivity index (χ3n) is 4.40. The Kier molecular flexibility index (Phi) is 8.14. The van der Waals surface area contributed by atoms with Crippen LogP contribution in [0.3, 0.4) is 0 Å². The number of ether oxygens (including phenoxy) is 1. The fraction of sp³-hybridized carbons (Fsp3) is 0.550. The number of aliphatic imine (C=N–C) groups is 1. The summed E-state index contributed by atoms with van der Waals surface area (Å²) in [4.78, 5) is 18.1. The lowest BCUT2D eigenvalue weighted by molar-refractivity contribution is 0.0188. The molecule has 158 valence electrons. The highest BCUT2D eigenvalue weighted by atomic mass is 32.2. The minimum Gasteiger partial charge on any atom is -0.444 e. The lowest BCUT2D eigenvalue weighted by Gasteiger charge is -2.33. The number of piperidine rings is 1. The molecule has 0 bridgehead atoms. The number of nitrogens with zero attached hydrogens (tertiary/aromatic N) is 3. The number of likely N-dealkylation sites (tertiary alicyclic amines) is 1. The first kappa shape index (κ1) is 22.8. The van der Waals surface area contributed by atoms with Gasteiger partial charge in [-0.25, -0.2) is 14.2 Å². The number of halogens is 1. The summed E-state index contributed by atoms with van der Waals surface area (Å²) in [5, 5.41) is 14.8. The second-order valence-corrected chi connectivity index (χ2v) is 8.58. The Labute approximate surface area is 175 Å². The van der Waals surface area contributed by atoms with Gasteiger partial charge in [-0.2, -0.15) is 5.26 Å². The summed E-state index contributed by atoms with van der Waals surface area (Å²) in [6, 6.07) is 4.73. The Hall–Kier alpha value is -2.47. The van der Waals surface area contributed by atoms with Gasteiger partial charge in [-0.05, 0) is 57.9 Å². The van der Waals surface area contributed by atoms with E-state index in [1.165, 1.54) is 17.8 Å². The smallest absolute Gasteiger partial charge is 0.410 e. The molecule has 0 aromatic heterocycles. The number of nitrogens with one attached hydrogen (secondary N) is 2. The van der Waals surface area contributed by atoms with Crippen molar-refractivity contribution in [1.82, 2.24) is 10.2 Å². The summed E-state index contributed by atoms with van der Waals surface area (Å²) in [6.07, 6.45) is 4.96. The van der Waals surface area contributed by atoms with Crippen LogP contribution >= 0.6 is 11.8 Å². The van der Waals surface area contributed by atoms with Crippen LogP contribution < -0.4 is 10.6 Å². The minimum absolute atomic E-state index is 0.172. The number of amidine groups is 1. The van der Waals surface area contributed by atoms with Crippen LogP contribution in [0, 0.1) is 23.2 Å². The Morgan fingerprint density at radius 1 is 1.41 bits per heavy atom. The zero-order chi connectivity index (χ0) is 21.4. The van der Waals surface area contributed by atoms with Gasteiger partial charge in [0, 0.05) is 19.6 Å². The van der Waals surface area contributed by atoms with Crippen molar-refractivity contribution >= 4 is 34.4 Å². The van der Waals surface area contributed by atoms with Crippen molar-refractivity contribution in [1.29, 1.82) is 5.26 Å². The molecule has 0 saturated carbocycles. The molecule has 2 rings (SSSR count). The maximum absolute atomic E-state index is 14.3. The van der Waals surface area contributed by atoms with Crippen LogP contribution in [0.1, 0.15) is 33.6 Å². The average molecular weight is 422 g/mol. The maximum atomic E-state index is 14.3. The van der Waals surface area contributed by atoms with Crippen molar-refractivity contribution < 1.29 is 13.9 Å². The van der Waals surface area contributed by atoms with Crippen molar-refractivity contribution in [2.24, 2.45) is 10.9 Å². The third-order valence-corrected chi connectivity index (χ3v) is 4.98. The monoisotopic (exact) mass is 421 g/mol. The predicted molar refractivity (Wildman–Crippen MR) is 115 cm³/mol. The fourth-order valence-corrected chi connectivity index (χ4v) is 3.28. The van der Waals surface area contributed by atoms with Crippen LogP contribution in [0.4, 0.5) is 20.6 Å². The highest BCUT2D eigenvalue weighted by Crippen LogP contribution is 2.30. The number of carbonyl (C=O) groups is 1. The number of anilines is 1. The number of amides is 1. The van der Waals surface area contributed by atoms with E-state index in [4.69, 9.17) is 10.00 Å². The number of hydrogen-bond acceptors (Lipinski definition) is 6. The minimum atomic E-state index is -0.500. The molecule has 1 saturated heterocycles. The number of benzene rings is 1. The molecule has 2 N–H and O–H groups in total. The van der Waals surface area contributed by atoms with Crippen LogP contribution in [0.25, 0.3) is 0 Å². The number of hydrogen-bond donors (Lipinski definition) is 2. The van der Waals surface area contributed by atoms with E-state index >= 15 is 0 Å². The summed E-state index contributed by atoms with van der Waals surface area (Å²) in [5.41, 5.74) is 0.247. The lowest BCUT2D eigenvalue weighted by atomic mass is 9.97. The first-order valence-corrected chi connectivity index (χ1v) is 10.7. The molecule has 1 aliphatic heterocycles. The van der Waals surface area contributed by atoms with Gasteiger partial charge in [-0.15, -0.1) is 0 Å². The van der Waals surface area contributed by atoms with Crippen LogP contribution in [-0.2, 0) is 4.74 Å². The van der Waals surface area contributed by atoms with Crippen molar-refractivity contribution in [2.45, 2.75) is 39.2 Å². The largest absolute Gasteiger partial charge is 0.444 e. The van der Waals surface area contributed by atoms with E-state index in [9.17, 15) is 9.18 Å². The number of thioether (sulfide) groups is 1. The van der Waals surface area contributed by atoms with Gasteiger partial charge in [0.2, 0.25) is 0 Å². The second-order valence-electron chi connectivity index (χ2n) is 7.79. The number of rotatable bonds is 4. The van der Waals surface area contributed by atoms with Gasteiger partial charge in [0.15, 0.2) is 17.2 Å². The predicted octanol–water partition coefficient (Wildman–Crippen LogP) is 4.31. The van der Waals surface area contributed by atoms with Gasteiger partial charge in [0.1, 0.15) is 11.3 Å². The molecule has 1 aromatic carbocycles. The molecule has 1 heterocycles. The first-order valence-electron chi connectivity index (χ1n) is 9.51. The van der Waals surface area contributed by atoms with E-state index in [-0.39, 0.29) is 11.8 Å². The van der Waals surface area contributed by atoms with Crippen LogP contribution in [0.2, 0.25) is 0 Å². The molecule has 7 nitrogen and oxygen atoms in total. The molecule has 0 aliphatic carbocycles. The topological polar surface area (TPSA) is 89.8 Å². The normalized spacial score (nSPS) is 15.6. The van der Waals surface area contributed by atoms with Crippen LogP contribution in [-0.4, -0.2) is 47.7 Å². The Morgan fingerprint density at radius 2 is 2.10 bits per heavy atom. The molecular formula is C20H28FN5O2S. The van der Waals surface area contributed by atoms with Gasteiger partial charge in [0.05, 0.1) is 5.69 Å². The summed E-state index contributed by atoms with van der Waals surface area (Å²) < 4.78 is 19.7. The van der Waals surface area contributed by atoms with Gasteiger partial charge in [-0.3, -0.25) is 5.32 Å². The average Bonchev–Trinajstić information content (AvgIpc) is 2.66. The molecular weight excluding hydrogens is 393 g/mol. The summed E-state index contributed by atoms with van der Waals surface area (Å²) in [7, 11) is 0. The fourth-order valence-electron chi connectivity index (χ4n) is 2.95. The van der Waals surface area contributed by atoms with Crippen molar-refractivity contribution in [3.8, 4) is 6.19 Å². The molecule has 1 fully saturated rings. The van der Waals surface area contributed by atoms with E-state index in [0.717, 1.165) is 12.8 Å². The molecule has 0 radical (unpaired) electrons. The van der Waals surface area contributed by atoms with Crippen LogP contribution in [0.5, 0.6) is 0 Å². The summed E-state index contributed by atoms with van der Waals surface area (Å²) in [6.45, 7) is 7.49. The maximum Gasteiger partial charge on any atom is 0.410 e. The van der Waals surface area contributed by atoms with E-state index in [1.807, 2.05) is 20.8 Å². The SMILES string of the molecule is CSC(=Nc1c(F)cccc1NCC1CCN(C(=O)OC(C)(C)C)CC1)NC#N. The molecule has 1 aromatic rings. The van der Waals surface area contributed by atoms with E-state index < -0.39 is 11.4 Å². The molecule has 1 aliphatic rings. The van der Waals surface area contributed by atoms with Gasteiger partial charge < -0.3 is 15.0 Å². The van der Waals surface area contributed by atoms with E-state index in [0.29, 0.717) is 36.4 Å². The van der Waals surface area contributed by atoms with Crippen molar-refractivity contribution in [2.75, 3.05) is 31.2 Å². The van der Waals surface area contributed by atoms with Gasteiger partial charge in [-0.1, -0.05) is 17.8 Å². The second kappa shape index (κ2) is 10.3. The van der Waals surface area contributed by atoms with Crippen LogP contribution in [0.15, 0.2) is 23.2 Å². The lowest BCUT2D eigenvalue weighted by Crippen LogP contribution is -2.42. The molecule has 0 unspecified atom stereocenters. The Morgan fingerprint density at radius 3 is 2.69 bits per heavy atom. The summed E-state index contributed by atoms with van der Waals surface area (Å²) in [5.74, 6) is -0.105.